The van der Waals surface area contributed by atoms with E-state index >= 15 is 0 Å². The summed E-state index contributed by atoms with van der Waals surface area (Å²) in [5.41, 5.74) is 7.09. The van der Waals surface area contributed by atoms with Crippen LogP contribution in [0.4, 0.5) is 0 Å². The highest BCUT2D eigenvalue weighted by molar-refractivity contribution is 6.00. The topological polar surface area (TPSA) is 101 Å². The van der Waals surface area contributed by atoms with Crippen LogP contribution in [-0.4, -0.2) is 19.2 Å². The van der Waals surface area contributed by atoms with Crippen LogP contribution in [0.2, 0.25) is 0 Å². The highest BCUT2D eigenvalue weighted by atomic mass is 16.6. The quantitative estimate of drug-likeness (QED) is 0.0917. The standard InChI is InChI=1S/C34H26O8.C2H6/c1-20-6-4-9-27(35)41-29(20)32(28-21(2)12-14-37-28)39-18-23-7-5-8-24(11-10-23)19-40-33-30-25(13-15-38-30)17-26-16-22(3)34(36)42-31(26)33;1-2/h4-5,7,9-17H,1,6,18-19H2,2-3H3;1-2H3/b32-29-;. The number of ether oxygens (including phenoxy) is 3. The zero-order valence-electron chi connectivity index (χ0n) is 25.0. The first kappa shape index (κ1) is 30.0. The number of carbonyl (C=O) groups is 1. The number of fused-ring (bicyclic) bond motifs is 2. The van der Waals surface area contributed by atoms with Crippen molar-refractivity contribution in [2.75, 3.05) is 13.2 Å². The third-order valence-electron chi connectivity index (χ3n) is 6.81. The molecule has 0 saturated heterocycles. The summed E-state index contributed by atoms with van der Waals surface area (Å²) in [5.74, 6) is 0.847. The minimum Gasteiger partial charge on any atom is -0.482 e. The van der Waals surface area contributed by atoms with Crippen LogP contribution in [0.3, 0.4) is 0 Å². The van der Waals surface area contributed by atoms with Gasteiger partial charge in [-0.1, -0.05) is 32.6 Å². The van der Waals surface area contributed by atoms with Crippen molar-refractivity contribution < 1.29 is 32.3 Å². The molecule has 8 nitrogen and oxygen atoms in total. The van der Waals surface area contributed by atoms with Gasteiger partial charge in [0.1, 0.15) is 13.2 Å². The van der Waals surface area contributed by atoms with Crippen LogP contribution in [0.1, 0.15) is 37.2 Å². The molecule has 44 heavy (non-hydrogen) atoms. The van der Waals surface area contributed by atoms with Crippen LogP contribution in [-0.2, 0) is 14.3 Å². The largest absolute Gasteiger partial charge is 0.482 e. The van der Waals surface area contributed by atoms with Gasteiger partial charge in [0.15, 0.2) is 22.7 Å². The molecule has 0 amide bonds. The minimum atomic E-state index is -0.508. The molecule has 1 aromatic carbocycles. The molecule has 4 aromatic rings. The highest BCUT2D eigenvalue weighted by Gasteiger charge is 2.24. The van der Waals surface area contributed by atoms with Gasteiger partial charge in [-0.3, -0.25) is 0 Å². The monoisotopic (exact) mass is 592 g/mol. The molecule has 8 heteroatoms. The Kier molecular flexibility index (Phi) is 9.03. The molecule has 6 rings (SSSR count). The summed E-state index contributed by atoms with van der Waals surface area (Å²) in [6.45, 7) is 11.9. The Morgan fingerprint density at radius 1 is 0.955 bits per heavy atom. The predicted octanol–water partition coefficient (Wildman–Crippen LogP) is 8.18. The SMILES string of the molecule is C=C1CC=CC(=O)O/C1=C(\OCC1=CC=C=C(COc2c3occc3cc3cc(C)c(=O)oc23)C=C1)c1occc1C.CC. The Labute approximate surface area is 254 Å². The number of hydrogen-bond donors (Lipinski definition) is 0. The molecule has 224 valence electrons. The van der Waals surface area contributed by atoms with Gasteiger partial charge in [-0.15, -0.1) is 5.73 Å². The maximum Gasteiger partial charge on any atom is 0.339 e. The molecule has 2 aliphatic rings. The van der Waals surface area contributed by atoms with Gasteiger partial charge >= 0.3 is 11.6 Å². The van der Waals surface area contributed by atoms with Crippen molar-refractivity contribution in [3.05, 3.63) is 135 Å². The first-order chi connectivity index (χ1) is 21.4. The molecule has 0 bridgehead atoms. The van der Waals surface area contributed by atoms with Gasteiger partial charge < -0.3 is 27.5 Å². The predicted molar refractivity (Wildman–Crippen MR) is 168 cm³/mol. The molecule has 0 N–H and O–H groups in total. The minimum absolute atomic E-state index is 0.144. The second-order valence-electron chi connectivity index (χ2n) is 9.89. The van der Waals surface area contributed by atoms with E-state index < -0.39 is 11.6 Å². The molecule has 0 atom stereocenters. The lowest BCUT2D eigenvalue weighted by Gasteiger charge is -2.15. The van der Waals surface area contributed by atoms with Crippen LogP contribution in [0.25, 0.3) is 27.7 Å². The van der Waals surface area contributed by atoms with Crippen molar-refractivity contribution in [3.63, 3.8) is 0 Å². The van der Waals surface area contributed by atoms with Gasteiger partial charge in [0.2, 0.25) is 11.5 Å². The maximum atomic E-state index is 12.3. The number of benzene rings is 1. The van der Waals surface area contributed by atoms with E-state index in [0.717, 1.165) is 27.5 Å². The van der Waals surface area contributed by atoms with Gasteiger partial charge in [-0.25, -0.2) is 9.59 Å². The Morgan fingerprint density at radius 2 is 1.77 bits per heavy atom. The van der Waals surface area contributed by atoms with Crippen LogP contribution in [0, 0.1) is 13.8 Å². The maximum absolute atomic E-state index is 12.3. The van der Waals surface area contributed by atoms with Gasteiger partial charge in [-0.2, -0.15) is 0 Å². The molecular weight excluding hydrogens is 560 g/mol. The lowest BCUT2D eigenvalue weighted by Crippen LogP contribution is -2.07. The molecule has 0 fully saturated rings. The van der Waals surface area contributed by atoms with Crippen LogP contribution < -0.4 is 10.4 Å². The van der Waals surface area contributed by atoms with E-state index in [1.54, 1.807) is 43.7 Å². The molecule has 0 saturated carbocycles. The average molecular weight is 593 g/mol. The van der Waals surface area contributed by atoms with Gasteiger partial charge in [0.25, 0.3) is 0 Å². The number of cyclic esters (lactones) is 1. The third-order valence-corrected chi connectivity index (χ3v) is 6.81. The lowest BCUT2D eigenvalue weighted by molar-refractivity contribution is -0.133. The van der Waals surface area contributed by atoms with Crippen LogP contribution in [0.5, 0.6) is 5.75 Å². The zero-order chi connectivity index (χ0) is 31.2. The fraction of sp³-hybridized carbons (Fsp3) is 0.194. The Balaban J connectivity index is 0.00000188. The number of carbonyl (C=O) groups excluding carboxylic acids is 1. The van der Waals surface area contributed by atoms with E-state index in [2.05, 4.69) is 12.3 Å². The number of allylic oxidation sites excluding steroid dienone is 3. The first-order valence-electron chi connectivity index (χ1n) is 14.3. The summed E-state index contributed by atoms with van der Waals surface area (Å²) in [6.07, 6.45) is 14.0. The molecule has 4 heterocycles. The zero-order valence-corrected chi connectivity index (χ0v) is 25.0. The van der Waals surface area contributed by atoms with Crippen molar-refractivity contribution in [2.45, 2.75) is 34.1 Å². The fourth-order valence-electron chi connectivity index (χ4n) is 4.60. The number of rotatable bonds is 7. The van der Waals surface area contributed by atoms with E-state index in [0.29, 0.717) is 46.0 Å². The van der Waals surface area contributed by atoms with Crippen molar-refractivity contribution in [3.8, 4) is 5.75 Å². The van der Waals surface area contributed by atoms with E-state index in [-0.39, 0.29) is 19.0 Å². The number of esters is 1. The Morgan fingerprint density at radius 3 is 2.57 bits per heavy atom. The fourth-order valence-corrected chi connectivity index (χ4v) is 4.60. The summed E-state index contributed by atoms with van der Waals surface area (Å²) in [6, 6.07) is 7.31. The smallest absolute Gasteiger partial charge is 0.339 e. The van der Waals surface area contributed by atoms with E-state index in [1.807, 2.05) is 51.1 Å². The van der Waals surface area contributed by atoms with Gasteiger partial charge in [0.05, 0.1) is 12.5 Å². The van der Waals surface area contributed by atoms with E-state index in [1.165, 1.54) is 6.08 Å². The average Bonchev–Trinajstić information content (AvgIpc) is 3.55. The Bertz CT molecular complexity index is 1990. The normalized spacial score (nSPS) is 15.6. The highest BCUT2D eigenvalue weighted by Crippen LogP contribution is 2.36. The molecule has 1 aliphatic carbocycles. The second kappa shape index (κ2) is 13.2. The molecular formula is C36H32O8. The molecule has 3 aromatic heterocycles. The first-order valence-corrected chi connectivity index (χ1v) is 14.3. The number of furan rings is 2. The lowest BCUT2D eigenvalue weighted by atomic mass is 10.1. The van der Waals surface area contributed by atoms with E-state index in [4.69, 9.17) is 27.5 Å². The van der Waals surface area contributed by atoms with Crippen molar-refractivity contribution in [1.29, 1.82) is 0 Å². The molecule has 0 radical (unpaired) electrons. The summed E-state index contributed by atoms with van der Waals surface area (Å²) in [4.78, 5) is 24.4. The molecule has 0 spiro atoms. The summed E-state index contributed by atoms with van der Waals surface area (Å²) < 4.78 is 34.8. The van der Waals surface area contributed by atoms with Gasteiger partial charge in [-0.05, 0) is 79.5 Å². The van der Waals surface area contributed by atoms with Crippen molar-refractivity contribution in [2.24, 2.45) is 0 Å². The Hall–Kier alpha value is -5.46. The number of hydrogen-bond acceptors (Lipinski definition) is 8. The van der Waals surface area contributed by atoms with Crippen LogP contribution in [0.15, 0.2) is 126 Å². The van der Waals surface area contributed by atoms with Gasteiger partial charge in [0, 0.05) is 28.0 Å². The summed E-state index contributed by atoms with van der Waals surface area (Å²) in [5, 5.41) is 1.58. The summed E-state index contributed by atoms with van der Waals surface area (Å²) >= 11 is 0. The molecule has 1 aliphatic heterocycles. The number of aryl methyl sites for hydroxylation is 2. The second-order valence-corrected chi connectivity index (χ2v) is 9.89. The third kappa shape index (κ3) is 6.31. The summed E-state index contributed by atoms with van der Waals surface area (Å²) in [7, 11) is 0. The van der Waals surface area contributed by atoms with E-state index in [9.17, 15) is 9.59 Å². The van der Waals surface area contributed by atoms with Crippen molar-refractivity contribution >= 4 is 33.7 Å². The van der Waals surface area contributed by atoms with Crippen LogP contribution >= 0.6 is 0 Å². The molecule has 0 unspecified atom stereocenters. The van der Waals surface area contributed by atoms with Crippen molar-refractivity contribution in [1.82, 2.24) is 0 Å².